The predicted octanol–water partition coefficient (Wildman–Crippen LogP) is 0.150. The summed E-state index contributed by atoms with van der Waals surface area (Å²) in [5, 5.41) is 3.37. The molecule has 1 unspecified atom stereocenters. The van der Waals surface area contributed by atoms with E-state index >= 15 is 0 Å². The van der Waals surface area contributed by atoms with Crippen LogP contribution in [0.3, 0.4) is 0 Å². The lowest BCUT2D eigenvalue weighted by atomic mass is 9.97. The fourth-order valence-electron chi connectivity index (χ4n) is 2.76. The van der Waals surface area contributed by atoms with Crippen molar-refractivity contribution in [2.24, 2.45) is 5.92 Å². The number of rotatable bonds is 2. The minimum absolute atomic E-state index is 0.241. The van der Waals surface area contributed by atoms with E-state index in [4.69, 9.17) is 0 Å². The third-order valence-electron chi connectivity index (χ3n) is 3.69. The predicted molar refractivity (Wildman–Crippen MR) is 64.3 cm³/mol. The van der Waals surface area contributed by atoms with Gasteiger partial charge in [-0.15, -0.1) is 0 Å². The quantitative estimate of drug-likeness (QED) is 0.726. The van der Waals surface area contributed by atoms with Gasteiger partial charge < -0.3 is 15.1 Å². The summed E-state index contributed by atoms with van der Waals surface area (Å²) in [5.41, 5.74) is 0. The molecule has 2 aliphatic rings. The summed E-state index contributed by atoms with van der Waals surface area (Å²) in [6.07, 6.45) is 2.46. The van der Waals surface area contributed by atoms with Crippen LogP contribution < -0.4 is 5.32 Å². The summed E-state index contributed by atoms with van der Waals surface area (Å²) in [6, 6.07) is 0. The van der Waals surface area contributed by atoms with Gasteiger partial charge in [-0.1, -0.05) is 0 Å². The maximum atomic E-state index is 11.3. The van der Waals surface area contributed by atoms with E-state index < -0.39 is 0 Å². The third-order valence-corrected chi connectivity index (χ3v) is 3.69. The van der Waals surface area contributed by atoms with Crippen molar-refractivity contribution >= 4 is 5.91 Å². The van der Waals surface area contributed by atoms with Crippen LogP contribution in [0.5, 0.6) is 0 Å². The molecule has 0 aromatic carbocycles. The molecular formula is C12H23N3O. The Kier molecular flexibility index (Phi) is 4.18. The van der Waals surface area contributed by atoms with Gasteiger partial charge in [0.15, 0.2) is 0 Å². The molecule has 4 nitrogen and oxygen atoms in total. The molecule has 2 aliphatic heterocycles. The zero-order valence-electron chi connectivity index (χ0n) is 10.2. The van der Waals surface area contributed by atoms with E-state index in [1.54, 1.807) is 6.92 Å². The second-order valence-corrected chi connectivity index (χ2v) is 5.02. The summed E-state index contributed by atoms with van der Waals surface area (Å²) in [5.74, 6) is 0.931. The highest BCUT2D eigenvalue weighted by atomic mass is 16.2. The lowest BCUT2D eigenvalue weighted by Gasteiger charge is -2.36. The normalized spacial score (nSPS) is 28.1. The minimum atomic E-state index is 0.241. The van der Waals surface area contributed by atoms with E-state index in [-0.39, 0.29) is 5.91 Å². The molecule has 0 aromatic rings. The van der Waals surface area contributed by atoms with E-state index in [9.17, 15) is 4.79 Å². The van der Waals surface area contributed by atoms with Crippen molar-refractivity contribution < 1.29 is 4.79 Å². The first kappa shape index (κ1) is 11.9. The Hall–Kier alpha value is -0.610. The zero-order valence-corrected chi connectivity index (χ0v) is 10.2. The van der Waals surface area contributed by atoms with Gasteiger partial charge in [-0.2, -0.15) is 0 Å². The maximum Gasteiger partial charge on any atom is 0.219 e. The molecule has 0 aromatic heterocycles. The van der Waals surface area contributed by atoms with Crippen molar-refractivity contribution in [3.8, 4) is 0 Å². The van der Waals surface area contributed by atoms with E-state index in [0.717, 1.165) is 39.3 Å². The highest BCUT2D eigenvalue weighted by Gasteiger charge is 2.23. The van der Waals surface area contributed by atoms with E-state index in [0.29, 0.717) is 5.92 Å². The van der Waals surface area contributed by atoms with Gasteiger partial charge in [0.05, 0.1) is 0 Å². The molecule has 0 bridgehead atoms. The molecule has 0 spiro atoms. The highest BCUT2D eigenvalue weighted by molar-refractivity contribution is 5.73. The number of likely N-dealkylation sites (tertiary alicyclic amines) is 1. The van der Waals surface area contributed by atoms with Crippen molar-refractivity contribution in [3.63, 3.8) is 0 Å². The lowest BCUT2D eigenvalue weighted by Crippen LogP contribution is -2.48. The molecule has 2 heterocycles. The van der Waals surface area contributed by atoms with Gasteiger partial charge in [-0.25, -0.2) is 0 Å². The van der Waals surface area contributed by atoms with Crippen LogP contribution in [0.4, 0.5) is 0 Å². The number of nitrogens with one attached hydrogen (secondary N) is 1. The minimum Gasteiger partial charge on any atom is -0.343 e. The molecule has 2 rings (SSSR count). The van der Waals surface area contributed by atoms with E-state index in [1.807, 2.05) is 4.90 Å². The lowest BCUT2D eigenvalue weighted by molar-refractivity contribution is -0.130. The first-order valence-corrected chi connectivity index (χ1v) is 6.44. The molecule has 16 heavy (non-hydrogen) atoms. The van der Waals surface area contributed by atoms with Crippen molar-refractivity contribution in [1.29, 1.82) is 0 Å². The Morgan fingerprint density at radius 2 is 2.06 bits per heavy atom. The number of amides is 1. The third kappa shape index (κ3) is 3.19. The molecule has 4 heteroatoms. The van der Waals surface area contributed by atoms with Crippen LogP contribution in [0.15, 0.2) is 0 Å². The molecule has 2 saturated heterocycles. The molecule has 1 N–H and O–H groups in total. The fourth-order valence-corrected chi connectivity index (χ4v) is 2.76. The Bertz CT molecular complexity index is 238. The fraction of sp³-hybridized carbons (Fsp3) is 0.917. The van der Waals surface area contributed by atoms with Crippen molar-refractivity contribution in [1.82, 2.24) is 15.1 Å². The van der Waals surface area contributed by atoms with Crippen LogP contribution in [0.2, 0.25) is 0 Å². The molecular weight excluding hydrogens is 202 g/mol. The standard InChI is InChI=1S/C12H23N3O/c1-11(16)15-6-2-3-12(10-15)9-14-7-4-13-5-8-14/h12-13H,2-10H2,1H3. The highest BCUT2D eigenvalue weighted by Crippen LogP contribution is 2.17. The molecule has 0 aliphatic carbocycles. The van der Waals surface area contributed by atoms with Gasteiger partial charge in [0.25, 0.3) is 0 Å². The van der Waals surface area contributed by atoms with Gasteiger partial charge in [0.1, 0.15) is 0 Å². The number of piperazine rings is 1. The van der Waals surface area contributed by atoms with Gasteiger partial charge in [0.2, 0.25) is 5.91 Å². The molecule has 1 atom stereocenters. The molecule has 92 valence electrons. The summed E-state index contributed by atoms with van der Waals surface area (Å²) in [6.45, 7) is 9.35. The van der Waals surface area contributed by atoms with E-state index in [1.165, 1.54) is 19.4 Å². The molecule has 1 amide bonds. The Labute approximate surface area is 98.0 Å². The van der Waals surface area contributed by atoms with Gasteiger partial charge in [-0.05, 0) is 18.8 Å². The number of carbonyl (C=O) groups is 1. The van der Waals surface area contributed by atoms with Crippen molar-refractivity contribution in [2.45, 2.75) is 19.8 Å². The second-order valence-electron chi connectivity index (χ2n) is 5.02. The van der Waals surface area contributed by atoms with Crippen LogP contribution in [-0.4, -0.2) is 61.5 Å². The maximum absolute atomic E-state index is 11.3. The van der Waals surface area contributed by atoms with Crippen LogP contribution in [0.1, 0.15) is 19.8 Å². The summed E-state index contributed by atoms with van der Waals surface area (Å²) >= 11 is 0. The summed E-state index contributed by atoms with van der Waals surface area (Å²) in [7, 11) is 0. The number of carbonyl (C=O) groups excluding carboxylic acids is 1. The molecule has 0 radical (unpaired) electrons. The monoisotopic (exact) mass is 225 g/mol. The molecule has 0 saturated carbocycles. The number of hydrogen-bond donors (Lipinski definition) is 1. The average molecular weight is 225 g/mol. The SMILES string of the molecule is CC(=O)N1CCCC(CN2CCNCC2)C1. The van der Waals surface area contributed by atoms with Crippen LogP contribution in [0.25, 0.3) is 0 Å². The number of piperidine rings is 1. The first-order chi connectivity index (χ1) is 7.75. The van der Waals surface area contributed by atoms with Crippen molar-refractivity contribution in [2.75, 3.05) is 45.8 Å². The Morgan fingerprint density at radius 3 is 2.75 bits per heavy atom. The zero-order chi connectivity index (χ0) is 11.4. The van der Waals surface area contributed by atoms with Crippen LogP contribution >= 0.6 is 0 Å². The first-order valence-electron chi connectivity index (χ1n) is 6.44. The topological polar surface area (TPSA) is 35.6 Å². The Morgan fingerprint density at radius 1 is 1.31 bits per heavy atom. The van der Waals surface area contributed by atoms with E-state index in [2.05, 4.69) is 10.2 Å². The molecule has 2 fully saturated rings. The second kappa shape index (κ2) is 5.64. The number of nitrogens with zero attached hydrogens (tertiary/aromatic N) is 2. The Balaban J connectivity index is 1.78. The number of hydrogen-bond acceptors (Lipinski definition) is 3. The van der Waals surface area contributed by atoms with Crippen LogP contribution in [-0.2, 0) is 4.79 Å². The largest absolute Gasteiger partial charge is 0.343 e. The summed E-state index contributed by atoms with van der Waals surface area (Å²) < 4.78 is 0. The van der Waals surface area contributed by atoms with Crippen molar-refractivity contribution in [3.05, 3.63) is 0 Å². The smallest absolute Gasteiger partial charge is 0.219 e. The summed E-state index contributed by atoms with van der Waals surface area (Å²) in [4.78, 5) is 15.9. The van der Waals surface area contributed by atoms with Gasteiger partial charge >= 0.3 is 0 Å². The average Bonchev–Trinajstić information content (AvgIpc) is 2.30. The van der Waals surface area contributed by atoms with Crippen LogP contribution in [0, 0.1) is 5.92 Å². The van der Waals surface area contributed by atoms with Gasteiger partial charge in [-0.3, -0.25) is 4.79 Å². The van der Waals surface area contributed by atoms with Gasteiger partial charge in [0, 0.05) is 52.7 Å².